The zero-order chi connectivity index (χ0) is 23.2. The molecule has 0 bridgehead atoms. The zero-order valence-electron chi connectivity index (χ0n) is 18.6. The number of hydrogen-bond acceptors (Lipinski definition) is 4. The minimum Gasteiger partial charge on any atom is -0.366 e. The molecule has 1 saturated heterocycles. The van der Waals surface area contributed by atoms with Gasteiger partial charge in [0.1, 0.15) is 5.57 Å². The van der Waals surface area contributed by atoms with E-state index in [4.69, 9.17) is 23.8 Å². The first-order valence-corrected chi connectivity index (χ1v) is 11.5. The number of thiocarbonyl (C=S) groups is 1. The van der Waals surface area contributed by atoms with E-state index < -0.39 is 11.8 Å². The van der Waals surface area contributed by atoms with Gasteiger partial charge >= 0.3 is 0 Å². The van der Waals surface area contributed by atoms with E-state index in [9.17, 15) is 9.59 Å². The molecule has 2 aliphatic heterocycles. The van der Waals surface area contributed by atoms with Crippen molar-refractivity contribution in [2.24, 2.45) is 0 Å². The van der Waals surface area contributed by atoms with Crippen molar-refractivity contribution in [1.82, 2.24) is 5.32 Å². The molecule has 32 heavy (non-hydrogen) atoms. The Balaban J connectivity index is 1.72. The third kappa shape index (κ3) is 3.93. The van der Waals surface area contributed by atoms with E-state index in [-0.39, 0.29) is 16.2 Å². The molecule has 0 saturated carbocycles. The Bertz CT molecular complexity index is 1140. The summed E-state index contributed by atoms with van der Waals surface area (Å²) in [6, 6.07) is 12.9. The van der Waals surface area contributed by atoms with Gasteiger partial charge in [0.15, 0.2) is 5.11 Å². The normalized spacial score (nSPS) is 21.6. The Morgan fingerprint density at radius 3 is 2.53 bits per heavy atom. The van der Waals surface area contributed by atoms with Crippen LogP contribution in [0.1, 0.15) is 51.2 Å². The second-order valence-corrected chi connectivity index (χ2v) is 9.74. The number of halogens is 1. The van der Waals surface area contributed by atoms with Crippen LogP contribution >= 0.6 is 23.8 Å². The molecule has 166 valence electrons. The highest BCUT2D eigenvalue weighted by atomic mass is 35.5. The minimum atomic E-state index is -0.493. The third-order valence-electron chi connectivity index (χ3n) is 6.22. The fraction of sp³-hybridized carbons (Fsp3) is 0.320. The number of carbonyl (C=O) groups is 2. The average molecular weight is 468 g/mol. The van der Waals surface area contributed by atoms with Crippen molar-refractivity contribution in [2.45, 2.75) is 45.6 Å². The number of hydrogen-bond donors (Lipinski definition) is 1. The summed E-state index contributed by atoms with van der Waals surface area (Å²) in [6.07, 6.45) is 2.68. The van der Waals surface area contributed by atoms with Crippen molar-refractivity contribution in [3.63, 3.8) is 0 Å². The summed E-state index contributed by atoms with van der Waals surface area (Å²) in [5, 5.41) is 3.24. The first-order chi connectivity index (χ1) is 15.1. The molecule has 2 aromatic rings. The monoisotopic (exact) mass is 467 g/mol. The lowest BCUT2D eigenvalue weighted by Gasteiger charge is -2.47. The molecule has 5 nitrogen and oxygen atoms in total. The molecule has 2 aliphatic rings. The molecule has 2 amide bonds. The van der Waals surface area contributed by atoms with Gasteiger partial charge in [0.25, 0.3) is 11.8 Å². The van der Waals surface area contributed by atoms with Crippen LogP contribution in [0.5, 0.6) is 0 Å². The van der Waals surface area contributed by atoms with Crippen molar-refractivity contribution in [3.05, 3.63) is 64.2 Å². The summed E-state index contributed by atoms with van der Waals surface area (Å²) in [5.74, 6) is -0.578. The number of rotatable bonds is 3. The molecule has 1 N–H and O–H groups in total. The Morgan fingerprint density at radius 2 is 1.88 bits per heavy atom. The molecule has 0 radical (unpaired) electrons. The standard InChI is InChI=1S/C25H26ClN3O2S/c1-5-28-21-11-6-16(12-19(21)15(2)14-25(28,3)4)13-20-22(30)27-24(32)29(23(20)31)18-9-7-17(26)8-10-18/h6-13,15H,5,14H2,1-4H3,(H,27,30,32)/b20-13+/t15-/m0/s1. The second kappa shape index (κ2) is 8.34. The first kappa shape index (κ1) is 22.5. The Hall–Kier alpha value is -2.70. The average Bonchev–Trinajstić information content (AvgIpc) is 2.72. The molecule has 0 unspecified atom stereocenters. The molecule has 7 heteroatoms. The summed E-state index contributed by atoms with van der Waals surface area (Å²) >= 11 is 11.2. The number of nitrogens with one attached hydrogen (secondary N) is 1. The van der Waals surface area contributed by atoms with Gasteiger partial charge in [-0.15, -0.1) is 0 Å². The molecule has 2 heterocycles. The van der Waals surface area contributed by atoms with Crippen molar-refractivity contribution in [3.8, 4) is 0 Å². The van der Waals surface area contributed by atoms with Crippen molar-refractivity contribution >= 4 is 58.2 Å². The van der Waals surface area contributed by atoms with Crippen LogP contribution in [0.4, 0.5) is 11.4 Å². The Morgan fingerprint density at radius 1 is 1.19 bits per heavy atom. The number of fused-ring (bicyclic) bond motifs is 1. The van der Waals surface area contributed by atoms with Gasteiger partial charge in [-0.3, -0.25) is 19.8 Å². The fourth-order valence-electron chi connectivity index (χ4n) is 4.85. The maximum Gasteiger partial charge on any atom is 0.270 e. The van der Waals surface area contributed by atoms with Crippen LogP contribution in [-0.4, -0.2) is 29.0 Å². The number of anilines is 2. The molecule has 4 rings (SSSR count). The molecule has 0 aliphatic carbocycles. The molecule has 1 atom stereocenters. The van der Waals surface area contributed by atoms with Gasteiger partial charge in [0.05, 0.1) is 5.69 Å². The quantitative estimate of drug-likeness (QED) is 0.379. The van der Waals surface area contributed by atoms with Gasteiger partial charge in [-0.2, -0.15) is 0 Å². The van der Waals surface area contributed by atoms with Crippen LogP contribution in [0.3, 0.4) is 0 Å². The van der Waals surface area contributed by atoms with Crippen LogP contribution in [0.15, 0.2) is 48.0 Å². The van der Waals surface area contributed by atoms with Crippen LogP contribution < -0.4 is 15.1 Å². The lowest BCUT2D eigenvalue weighted by molar-refractivity contribution is -0.122. The van der Waals surface area contributed by atoms with Gasteiger partial charge < -0.3 is 4.90 Å². The minimum absolute atomic E-state index is 0.0460. The number of carbonyl (C=O) groups excluding carboxylic acids is 2. The molecule has 0 spiro atoms. The maximum absolute atomic E-state index is 13.2. The van der Waals surface area contributed by atoms with E-state index in [1.54, 1.807) is 30.3 Å². The largest absolute Gasteiger partial charge is 0.366 e. The van der Waals surface area contributed by atoms with E-state index >= 15 is 0 Å². The van der Waals surface area contributed by atoms with E-state index in [0.29, 0.717) is 16.6 Å². The second-order valence-electron chi connectivity index (χ2n) is 8.91. The maximum atomic E-state index is 13.2. The van der Waals surface area contributed by atoms with Gasteiger partial charge in [-0.05, 0) is 98.9 Å². The van der Waals surface area contributed by atoms with Crippen LogP contribution in [0.25, 0.3) is 6.08 Å². The highest BCUT2D eigenvalue weighted by Crippen LogP contribution is 2.43. The van der Waals surface area contributed by atoms with Gasteiger partial charge in [0.2, 0.25) is 0 Å². The van der Waals surface area contributed by atoms with Gasteiger partial charge in [0, 0.05) is 22.8 Å². The predicted octanol–water partition coefficient (Wildman–Crippen LogP) is 5.28. The van der Waals surface area contributed by atoms with Crippen LogP contribution in [0, 0.1) is 0 Å². The van der Waals surface area contributed by atoms with E-state index in [2.05, 4.69) is 50.0 Å². The molecule has 1 fully saturated rings. The molecular formula is C25H26ClN3O2S. The van der Waals surface area contributed by atoms with E-state index in [0.717, 1.165) is 18.5 Å². The lowest BCUT2D eigenvalue weighted by atomic mass is 9.79. The SMILES string of the molecule is CCN1c2ccc(/C=C3\C(=O)NC(=S)N(c4ccc(Cl)cc4)C3=O)cc2[C@@H](C)CC1(C)C. The number of nitrogens with zero attached hydrogens (tertiary/aromatic N) is 2. The van der Waals surface area contributed by atoms with Crippen LogP contribution in [0.2, 0.25) is 5.02 Å². The topological polar surface area (TPSA) is 52.7 Å². The highest BCUT2D eigenvalue weighted by molar-refractivity contribution is 7.80. The zero-order valence-corrected chi connectivity index (χ0v) is 20.2. The number of amides is 2. The van der Waals surface area contributed by atoms with Crippen LogP contribution in [-0.2, 0) is 9.59 Å². The summed E-state index contributed by atoms with van der Waals surface area (Å²) in [7, 11) is 0. The smallest absolute Gasteiger partial charge is 0.270 e. The fourth-order valence-corrected chi connectivity index (χ4v) is 5.25. The molecule has 2 aromatic carbocycles. The summed E-state index contributed by atoms with van der Waals surface area (Å²) in [6.45, 7) is 9.85. The summed E-state index contributed by atoms with van der Waals surface area (Å²) in [5.41, 5.74) is 3.93. The van der Waals surface area contributed by atoms with Gasteiger partial charge in [-0.25, -0.2) is 0 Å². The highest BCUT2D eigenvalue weighted by Gasteiger charge is 2.36. The first-order valence-electron chi connectivity index (χ1n) is 10.7. The van der Waals surface area contributed by atoms with Crippen molar-refractivity contribution in [2.75, 3.05) is 16.3 Å². The lowest BCUT2D eigenvalue weighted by Crippen LogP contribution is -2.54. The van der Waals surface area contributed by atoms with E-state index in [1.807, 2.05) is 6.07 Å². The Labute approximate surface area is 199 Å². The Kier molecular flexibility index (Phi) is 5.86. The summed E-state index contributed by atoms with van der Waals surface area (Å²) < 4.78 is 0. The van der Waals surface area contributed by atoms with E-state index in [1.165, 1.54) is 16.2 Å². The molecular weight excluding hydrogens is 442 g/mol. The van der Waals surface area contributed by atoms with Gasteiger partial charge in [-0.1, -0.05) is 24.6 Å². The summed E-state index contributed by atoms with van der Waals surface area (Å²) in [4.78, 5) is 29.6. The predicted molar refractivity (Wildman–Crippen MR) is 134 cm³/mol. The molecule has 0 aromatic heterocycles. The number of benzene rings is 2. The van der Waals surface area contributed by atoms with Crippen molar-refractivity contribution in [1.29, 1.82) is 0 Å². The third-order valence-corrected chi connectivity index (χ3v) is 6.76. The van der Waals surface area contributed by atoms with Crippen molar-refractivity contribution < 1.29 is 9.59 Å².